The van der Waals surface area contributed by atoms with Crippen LogP contribution in [0.2, 0.25) is 0 Å². The molecule has 0 saturated carbocycles. The van der Waals surface area contributed by atoms with Gasteiger partial charge in [-0.3, -0.25) is 4.79 Å². The third kappa shape index (κ3) is 5.82. The fraction of sp³-hybridized carbons (Fsp3) is 0.500. The Morgan fingerprint density at radius 3 is 2.69 bits per heavy atom. The molecule has 1 fully saturated rings. The van der Waals surface area contributed by atoms with Gasteiger partial charge in [0, 0.05) is 32.0 Å². The average Bonchev–Trinajstić information content (AvgIpc) is 2.76. The van der Waals surface area contributed by atoms with Gasteiger partial charge in [0.25, 0.3) is 0 Å². The van der Waals surface area contributed by atoms with Gasteiger partial charge in [-0.05, 0) is 56.9 Å². The number of ether oxygens (including phenoxy) is 2. The Bertz CT molecular complexity index is 785. The largest absolute Gasteiger partial charge is 0.490 e. The third-order valence-electron chi connectivity index (χ3n) is 4.95. The van der Waals surface area contributed by atoms with Crippen molar-refractivity contribution in [3.63, 3.8) is 0 Å². The molecule has 3 rings (SSSR count). The van der Waals surface area contributed by atoms with Crippen LogP contribution in [0.4, 0.5) is 5.95 Å². The Morgan fingerprint density at radius 1 is 1.17 bits per heavy atom. The normalized spacial score (nSPS) is 16.3. The fourth-order valence-electron chi connectivity index (χ4n) is 3.55. The minimum atomic E-state index is -0.0353. The van der Waals surface area contributed by atoms with Crippen LogP contribution in [-0.4, -0.2) is 48.7 Å². The first-order chi connectivity index (χ1) is 14.2. The van der Waals surface area contributed by atoms with E-state index in [1.165, 1.54) is 0 Å². The van der Waals surface area contributed by atoms with Gasteiger partial charge in [0.1, 0.15) is 0 Å². The molecule has 1 amide bonds. The summed E-state index contributed by atoms with van der Waals surface area (Å²) in [5.41, 5.74) is 1.11. The number of nitrogens with one attached hydrogen (secondary N) is 1. The molecule has 1 aromatic carbocycles. The summed E-state index contributed by atoms with van der Waals surface area (Å²) < 4.78 is 11.3. The van der Waals surface area contributed by atoms with Crippen LogP contribution in [0.3, 0.4) is 0 Å². The number of anilines is 1. The Morgan fingerprint density at radius 2 is 1.93 bits per heavy atom. The first-order valence-corrected chi connectivity index (χ1v) is 10.4. The van der Waals surface area contributed by atoms with Crippen LogP contribution < -0.4 is 19.7 Å². The van der Waals surface area contributed by atoms with E-state index in [0.717, 1.165) is 42.9 Å². The molecular formula is C22H30N4O3. The predicted octanol–water partition coefficient (Wildman–Crippen LogP) is 2.85. The lowest BCUT2D eigenvalue weighted by molar-refractivity contribution is -0.125. The molecular weight excluding hydrogens is 368 g/mol. The number of carbonyl (C=O) groups excluding carboxylic acids is 1. The molecule has 2 heterocycles. The fourth-order valence-corrected chi connectivity index (χ4v) is 3.55. The van der Waals surface area contributed by atoms with Gasteiger partial charge >= 0.3 is 0 Å². The standard InChI is InChI=1S/C22H30N4O3/c1-3-28-19-9-8-17(15-20(19)29-4-2)10-13-23-21(27)18-7-5-14-26(16-18)22-24-11-6-12-25-22/h6,8-9,11-12,15,18H,3-5,7,10,13-14,16H2,1-2H3,(H,23,27). The summed E-state index contributed by atoms with van der Waals surface area (Å²) in [5.74, 6) is 2.27. The highest BCUT2D eigenvalue weighted by atomic mass is 16.5. The quantitative estimate of drug-likeness (QED) is 0.700. The van der Waals surface area contributed by atoms with Crippen molar-refractivity contribution in [2.75, 3.05) is 37.7 Å². The van der Waals surface area contributed by atoms with Gasteiger partial charge in [0.2, 0.25) is 11.9 Å². The number of carbonyl (C=O) groups is 1. The van der Waals surface area contributed by atoms with Crippen molar-refractivity contribution in [1.82, 2.24) is 15.3 Å². The summed E-state index contributed by atoms with van der Waals surface area (Å²) in [6.45, 7) is 7.24. The van der Waals surface area contributed by atoms with Crippen LogP contribution >= 0.6 is 0 Å². The molecule has 0 radical (unpaired) electrons. The first kappa shape index (κ1) is 20.9. The third-order valence-corrected chi connectivity index (χ3v) is 4.95. The molecule has 7 nitrogen and oxygen atoms in total. The van der Waals surface area contributed by atoms with Gasteiger partial charge in [0.15, 0.2) is 11.5 Å². The van der Waals surface area contributed by atoms with Crippen LogP contribution in [-0.2, 0) is 11.2 Å². The van der Waals surface area contributed by atoms with Crippen molar-refractivity contribution in [1.29, 1.82) is 0 Å². The van der Waals surface area contributed by atoms with E-state index in [1.807, 2.05) is 32.0 Å². The Balaban J connectivity index is 1.51. The van der Waals surface area contributed by atoms with E-state index >= 15 is 0 Å². The van der Waals surface area contributed by atoms with E-state index in [1.54, 1.807) is 18.5 Å². The zero-order valence-electron chi connectivity index (χ0n) is 17.3. The molecule has 29 heavy (non-hydrogen) atoms. The van der Waals surface area contributed by atoms with Crippen molar-refractivity contribution in [2.24, 2.45) is 5.92 Å². The minimum absolute atomic E-state index is 0.0353. The molecule has 1 aromatic heterocycles. The Labute approximate surface area is 172 Å². The second kappa shape index (κ2) is 10.6. The second-order valence-electron chi connectivity index (χ2n) is 7.02. The molecule has 0 spiro atoms. The van der Waals surface area contributed by atoms with Gasteiger partial charge in [0.05, 0.1) is 19.1 Å². The highest BCUT2D eigenvalue weighted by molar-refractivity contribution is 5.79. The van der Waals surface area contributed by atoms with E-state index < -0.39 is 0 Å². The highest BCUT2D eigenvalue weighted by Crippen LogP contribution is 2.28. The van der Waals surface area contributed by atoms with E-state index in [-0.39, 0.29) is 11.8 Å². The summed E-state index contributed by atoms with van der Waals surface area (Å²) in [6.07, 6.45) is 6.08. The average molecular weight is 399 g/mol. The molecule has 1 saturated heterocycles. The van der Waals surface area contributed by atoms with E-state index in [2.05, 4.69) is 20.2 Å². The summed E-state index contributed by atoms with van der Waals surface area (Å²) in [7, 11) is 0. The van der Waals surface area contributed by atoms with Crippen molar-refractivity contribution >= 4 is 11.9 Å². The van der Waals surface area contributed by atoms with Crippen molar-refractivity contribution in [2.45, 2.75) is 33.1 Å². The number of benzene rings is 1. The van der Waals surface area contributed by atoms with E-state index in [0.29, 0.717) is 32.3 Å². The van der Waals surface area contributed by atoms with Crippen LogP contribution in [0.25, 0.3) is 0 Å². The van der Waals surface area contributed by atoms with Gasteiger partial charge in [-0.15, -0.1) is 0 Å². The summed E-state index contributed by atoms with van der Waals surface area (Å²) in [4.78, 5) is 23.3. The molecule has 1 aliphatic heterocycles. The number of rotatable bonds is 9. The summed E-state index contributed by atoms with van der Waals surface area (Å²) in [5, 5.41) is 3.09. The number of hydrogen-bond acceptors (Lipinski definition) is 6. The van der Waals surface area contributed by atoms with E-state index in [4.69, 9.17) is 9.47 Å². The topological polar surface area (TPSA) is 76.6 Å². The van der Waals surface area contributed by atoms with Crippen molar-refractivity contribution in [3.8, 4) is 11.5 Å². The second-order valence-corrected chi connectivity index (χ2v) is 7.02. The highest BCUT2D eigenvalue weighted by Gasteiger charge is 2.26. The molecule has 7 heteroatoms. The molecule has 1 unspecified atom stereocenters. The van der Waals surface area contributed by atoms with Gasteiger partial charge in [-0.25, -0.2) is 9.97 Å². The molecule has 1 N–H and O–H groups in total. The smallest absolute Gasteiger partial charge is 0.225 e. The van der Waals surface area contributed by atoms with Gasteiger partial charge in [-0.1, -0.05) is 6.07 Å². The summed E-state index contributed by atoms with van der Waals surface area (Å²) >= 11 is 0. The number of nitrogens with zero attached hydrogens (tertiary/aromatic N) is 3. The lowest BCUT2D eigenvalue weighted by Crippen LogP contribution is -2.44. The lowest BCUT2D eigenvalue weighted by Gasteiger charge is -2.31. The first-order valence-electron chi connectivity index (χ1n) is 10.4. The molecule has 2 aromatic rings. The SMILES string of the molecule is CCOc1ccc(CCNC(=O)C2CCCN(c3ncccn3)C2)cc1OCC. The van der Waals surface area contributed by atoms with Gasteiger partial charge < -0.3 is 19.7 Å². The predicted molar refractivity (Wildman–Crippen MR) is 112 cm³/mol. The maximum Gasteiger partial charge on any atom is 0.225 e. The van der Waals surface area contributed by atoms with Crippen LogP contribution in [0, 0.1) is 5.92 Å². The lowest BCUT2D eigenvalue weighted by atomic mass is 9.97. The maximum absolute atomic E-state index is 12.7. The monoisotopic (exact) mass is 398 g/mol. The molecule has 1 aliphatic rings. The molecule has 0 aliphatic carbocycles. The number of aromatic nitrogens is 2. The number of hydrogen-bond donors (Lipinski definition) is 1. The van der Waals surface area contributed by atoms with Crippen LogP contribution in [0.15, 0.2) is 36.7 Å². The number of amides is 1. The van der Waals surface area contributed by atoms with Crippen molar-refractivity contribution < 1.29 is 14.3 Å². The molecule has 0 bridgehead atoms. The molecule has 1 atom stereocenters. The Kier molecular flexibility index (Phi) is 7.67. The minimum Gasteiger partial charge on any atom is -0.490 e. The zero-order valence-corrected chi connectivity index (χ0v) is 17.3. The van der Waals surface area contributed by atoms with Crippen LogP contribution in [0.5, 0.6) is 11.5 Å². The van der Waals surface area contributed by atoms with Crippen molar-refractivity contribution in [3.05, 3.63) is 42.2 Å². The maximum atomic E-state index is 12.7. The van der Waals surface area contributed by atoms with Gasteiger partial charge in [-0.2, -0.15) is 0 Å². The summed E-state index contributed by atoms with van der Waals surface area (Å²) in [6, 6.07) is 7.75. The number of piperidine rings is 1. The van der Waals surface area contributed by atoms with E-state index in [9.17, 15) is 4.79 Å². The van der Waals surface area contributed by atoms with Crippen LogP contribution in [0.1, 0.15) is 32.3 Å². The molecule has 156 valence electrons. The zero-order chi connectivity index (χ0) is 20.5. The Hall–Kier alpha value is -2.83.